The Bertz CT molecular complexity index is 795. The average Bonchev–Trinajstić information content (AvgIpc) is 3.38. The first kappa shape index (κ1) is 16.4. The number of oxazole rings is 1. The molecule has 0 spiro atoms. The van der Waals surface area contributed by atoms with Crippen LogP contribution in [-0.4, -0.2) is 29.6 Å². The summed E-state index contributed by atoms with van der Waals surface area (Å²) in [4.78, 5) is 8.28. The summed E-state index contributed by atoms with van der Waals surface area (Å²) in [5.74, 6) is 1.65. The molecule has 25 heavy (non-hydrogen) atoms. The van der Waals surface area contributed by atoms with Gasteiger partial charge in [-0.05, 0) is 54.9 Å². The van der Waals surface area contributed by atoms with Gasteiger partial charge in [0.15, 0.2) is 0 Å². The summed E-state index contributed by atoms with van der Waals surface area (Å²) in [6, 6.07) is 13.0. The third-order valence-electron chi connectivity index (χ3n) is 4.78. The molecule has 3 heterocycles. The van der Waals surface area contributed by atoms with Gasteiger partial charge in [0.1, 0.15) is 12.0 Å². The van der Waals surface area contributed by atoms with E-state index in [4.69, 9.17) is 9.15 Å². The van der Waals surface area contributed by atoms with Crippen molar-refractivity contribution in [3.8, 4) is 16.5 Å². The highest BCUT2D eigenvalue weighted by Crippen LogP contribution is 2.27. The molecule has 4 nitrogen and oxygen atoms in total. The zero-order valence-corrected chi connectivity index (χ0v) is 15.2. The minimum Gasteiger partial charge on any atom is -0.497 e. The van der Waals surface area contributed by atoms with Gasteiger partial charge in [0.05, 0.1) is 17.7 Å². The van der Waals surface area contributed by atoms with Crippen molar-refractivity contribution in [1.29, 1.82) is 0 Å². The van der Waals surface area contributed by atoms with Crippen molar-refractivity contribution >= 4 is 11.3 Å². The van der Waals surface area contributed by atoms with Gasteiger partial charge in [-0.2, -0.15) is 0 Å². The summed E-state index contributed by atoms with van der Waals surface area (Å²) >= 11 is 1.66. The van der Waals surface area contributed by atoms with Crippen LogP contribution in [0, 0.1) is 0 Å². The maximum atomic E-state index is 5.66. The summed E-state index contributed by atoms with van der Waals surface area (Å²) < 4.78 is 10.9. The first-order chi connectivity index (χ1) is 12.3. The minimum atomic E-state index is 0.565. The number of aromatic nitrogens is 1. The number of hydrogen-bond donors (Lipinski definition) is 0. The Morgan fingerprint density at radius 1 is 1.28 bits per heavy atom. The number of thiophene rings is 1. The predicted molar refractivity (Wildman–Crippen MR) is 99.9 cm³/mol. The minimum absolute atomic E-state index is 0.565. The van der Waals surface area contributed by atoms with Gasteiger partial charge < -0.3 is 9.15 Å². The van der Waals surface area contributed by atoms with E-state index in [1.54, 1.807) is 24.7 Å². The Morgan fingerprint density at radius 2 is 2.16 bits per heavy atom. The van der Waals surface area contributed by atoms with Gasteiger partial charge in [-0.15, -0.1) is 11.3 Å². The molecule has 1 unspecified atom stereocenters. The van der Waals surface area contributed by atoms with Crippen LogP contribution in [0.5, 0.6) is 5.75 Å². The quantitative estimate of drug-likeness (QED) is 0.647. The number of rotatable bonds is 6. The highest BCUT2D eigenvalue weighted by atomic mass is 32.1. The third-order valence-corrected chi connectivity index (χ3v) is 5.64. The van der Waals surface area contributed by atoms with E-state index in [-0.39, 0.29) is 0 Å². The second-order valence-electron chi connectivity index (χ2n) is 6.44. The summed E-state index contributed by atoms with van der Waals surface area (Å²) in [7, 11) is 1.70. The zero-order valence-electron chi connectivity index (χ0n) is 14.4. The van der Waals surface area contributed by atoms with E-state index in [0.717, 1.165) is 41.7 Å². The fourth-order valence-corrected chi connectivity index (χ4v) is 4.12. The highest BCUT2D eigenvalue weighted by molar-refractivity contribution is 7.13. The summed E-state index contributed by atoms with van der Waals surface area (Å²) in [6.07, 6.45) is 5.36. The lowest BCUT2D eigenvalue weighted by atomic mass is 10.0. The summed E-state index contributed by atoms with van der Waals surface area (Å²) in [5.41, 5.74) is 2.38. The lowest BCUT2D eigenvalue weighted by molar-refractivity contribution is 0.241. The van der Waals surface area contributed by atoms with Gasteiger partial charge in [-0.1, -0.05) is 18.2 Å². The lowest BCUT2D eigenvalue weighted by Gasteiger charge is -2.23. The van der Waals surface area contributed by atoms with Gasteiger partial charge >= 0.3 is 0 Å². The highest BCUT2D eigenvalue weighted by Gasteiger charge is 2.25. The van der Waals surface area contributed by atoms with Crippen LogP contribution < -0.4 is 4.74 Å². The van der Waals surface area contributed by atoms with Gasteiger partial charge in [0, 0.05) is 12.6 Å². The zero-order chi connectivity index (χ0) is 17.1. The number of benzene rings is 1. The molecule has 130 valence electrons. The van der Waals surface area contributed by atoms with Crippen LogP contribution >= 0.6 is 11.3 Å². The van der Waals surface area contributed by atoms with E-state index in [0.29, 0.717) is 6.04 Å². The van der Waals surface area contributed by atoms with Crippen LogP contribution in [0.25, 0.3) is 10.8 Å². The monoisotopic (exact) mass is 354 g/mol. The van der Waals surface area contributed by atoms with E-state index in [1.165, 1.54) is 18.4 Å². The van der Waals surface area contributed by atoms with Crippen LogP contribution in [-0.2, 0) is 13.0 Å². The van der Waals surface area contributed by atoms with E-state index in [2.05, 4.69) is 22.0 Å². The van der Waals surface area contributed by atoms with Crippen molar-refractivity contribution in [2.75, 3.05) is 13.7 Å². The molecule has 0 radical (unpaired) electrons. The Morgan fingerprint density at radius 3 is 2.92 bits per heavy atom. The van der Waals surface area contributed by atoms with Crippen molar-refractivity contribution in [2.24, 2.45) is 0 Å². The summed E-state index contributed by atoms with van der Waals surface area (Å²) in [6.45, 7) is 1.98. The van der Waals surface area contributed by atoms with Crippen LogP contribution in [0.4, 0.5) is 0 Å². The van der Waals surface area contributed by atoms with Crippen LogP contribution in [0.1, 0.15) is 24.1 Å². The molecule has 0 aliphatic carbocycles. The van der Waals surface area contributed by atoms with E-state index in [1.807, 2.05) is 29.6 Å². The largest absolute Gasteiger partial charge is 0.497 e. The van der Waals surface area contributed by atoms with Crippen LogP contribution in [0.15, 0.2) is 52.5 Å². The van der Waals surface area contributed by atoms with E-state index < -0.39 is 0 Å². The maximum Gasteiger partial charge on any atom is 0.236 e. The SMILES string of the molecule is COc1ccc(CC2CCCN2Cc2coc(-c3cccs3)n2)cc1. The van der Waals surface area contributed by atoms with Gasteiger partial charge in [-0.3, -0.25) is 4.90 Å². The number of methoxy groups -OCH3 is 1. The van der Waals surface area contributed by atoms with Crippen molar-refractivity contribution < 1.29 is 9.15 Å². The number of likely N-dealkylation sites (tertiary alicyclic amines) is 1. The molecule has 3 aromatic rings. The molecule has 0 saturated carbocycles. The van der Waals surface area contributed by atoms with Crippen molar-refractivity contribution in [3.63, 3.8) is 0 Å². The standard InChI is InChI=1S/C20H22N2O2S/c1-23-18-8-6-15(7-9-18)12-17-4-2-10-22(17)13-16-14-24-20(21-16)19-5-3-11-25-19/h3,5-9,11,14,17H,2,4,10,12-13H2,1H3. The number of ether oxygens (including phenoxy) is 1. The normalized spacial score (nSPS) is 17.9. The van der Waals surface area contributed by atoms with Crippen LogP contribution in [0.2, 0.25) is 0 Å². The molecule has 1 atom stereocenters. The molecule has 1 saturated heterocycles. The van der Waals surface area contributed by atoms with Crippen molar-refractivity contribution in [3.05, 3.63) is 59.3 Å². The Kier molecular flexibility index (Phi) is 4.85. The molecule has 0 N–H and O–H groups in total. The molecule has 2 aromatic heterocycles. The van der Waals surface area contributed by atoms with Gasteiger partial charge in [0.2, 0.25) is 5.89 Å². The molecular weight excluding hydrogens is 332 g/mol. The molecule has 5 heteroatoms. The molecule has 1 fully saturated rings. The second-order valence-corrected chi connectivity index (χ2v) is 7.39. The molecule has 1 aliphatic heterocycles. The first-order valence-electron chi connectivity index (χ1n) is 8.67. The number of nitrogens with zero attached hydrogens (tertiary/aromatic N) is 2. The van der Waals surface area contributed by atoms with Crippen LogP contribution in [0.3, 0.4) is 0 Å². The Balaban J connectivity index is 1.41. The third kappa shape index (κ3) is 3.78. The molecule has 0 amide bonds. The maximum absolute atomic E-state index is 5.66. The summed E-state index contributed by atoms with van der Waals surface area (Å²) in [5, 5.41) is 2.05. The molecule has 4 rings (SSSR count). The predicted octanol–water partition coefficient (Wildman–Crippen LogP) is 4.62. The van der Waals surface area contributed by atoms with Crippen molar-refractivity contribution in [1.82, 2.24) is 9.88 Å². The van der Waals surface area contributed by atoms with Gasteiger partial charge in [-0.25, -0.2) is 4.98 Å². The molecule has 1 aromatic carbocycles. The molecular formula is C20H22N2O2S. The Labute approximate surface area is 152 Å². The fraction of sp³-hybridized carbons (Fsp3) is 0.350. The first-order valence-corrected chi connectivity index (χ1v) is 9.55. The topological polar surface area (TPSA) is 38.5 Å². The molecule has 0 bridgehead atoms. The smallest absolute Gasteiger partial charge is 0.236 e. The van der Waals surface area contributed by atoms with Gasteiger partial charge in [0.25, 0.3) is 0 Å². The molecule has 1 aliphatic rings. The second kappa shape index (κ2) is 7.42. The average molecular weight is 354 g/mol. The fourth-order valence-electron chi connectivity index (χ4n) is 3.47. The van der Waals surface area contributed by atoms with E-state index >= 15 is 0 Å². The van der Waals surface area contributed by atoms with E-state index in [9.17, 15) is 0 Å². The Hall–Kier alpha value is -2.11. The lowest BCUT2D eigenvalue weighted by Crippen LogP contribution is -2.30. The number of hydrogen-bond acceptors (Lipinski definition) is 5. The van der Waals surface area contributed by atoms with Crippen molar-refractivity contribution in [2.45, 2.75) is 31.8 Å².